The SMILES string of the molecule is CCOc1cc(C(=O)O[C@@H](C)C(=O)N[C@@H]2CCS(=O)(=O)C2)ccc1OCC(C)C. The second-order valence-corrected chi connectivity index (χ2v) is 9.68. The number of hydrogen-bond acceptors (Lipinski definition) is 7. The molecule has 1 aliphatic heterocycles. The van der Waals surface area contributed by atoms with E-state index in [4.69, 9.17) is 14.2 Å². The van der Waals surface area contributed by atoms with Crippen molar-refractivity contribution < 1.29 is 32.2 Å². The van der Waals surface area contributed by atoms with Gasteiger partial charge in [-0.1, -0.05) is 13.8 Å². The maximum Gasteiger partial charge on any atom is 0.339 e. The van der Waals surface area contributed by atoms with E-state index in [9.17, 15) is 18.0 Å². The number of nitrogens with one attached hydrogen (secondary N) is 1. The third kappa shape index (κ3) is 6.92. The Hall–Kier alpha value is -2.29. The molecule has 1 aromatic rings. The monoisotopic (exact) mass is 427 g/mol. The number of ether oxygens (including phenoxy) is 3. The van der Waals surface area contributed by atoms with Crippen molar-refractivity contribution in [3.05, 3.63) is 23.8 Å². The zero-order chi connectivity index (χ0) is 21.6. The average Bonchev–Trinajstić information content (AvgIpc) is 2.98. The van der Waals surface area contributed by atoms with Crippen LogP contribution < -0.4 is 14.8 Å². The van der Waals surface area contributed by atoms with E-state index in [2.05, 4.69) is 5.32 Å². The fraction of sp³-hybridized carbons (Fsp3) is 0.600. The van der Waals surface area contributed by atoms with Gasteiger partial charge in [-0.3, -0.25) is 4.79 Å². The van der Waals surface area contributed by atoms with Gasteiger partial charge in [0, 0.05) is 6.04 Å². The molecule has 0 aromatic heterocycles. The third-order valence-electron chi connectivity index (χ3n) is 4.28. The minimum atomic E-state index is -3.11. The second-order valence-electron chi connectivity index (χ2n) is 7.46. The fourth-order valence-corrected chi connectivity index (χ4v) is 4.46. The van der Waals surface area contributed by atoms with Crippen LogP contribution in [0.3, 0.4) is 0 Å². The molecule has 29 heavy (non-hydrogen) atoms. The van der Waals surface area contributed by atoms with Crippen LogP contribution in [0.1, 0.15) is 44.5 Å². The quantitative estimate of drug-likeness (QED) is 0.600. The van der Waals surface area contributed by atoms with Crippen molar-refractivity contribution in [1.29, 1.82) is 0 Å². The van der Waals surface area contributed by atoms with E-state index in [-0.39, 0.29) is 17.1 Å². The van der Waals surface area contributed by atoms with Gasteiger partial charge in [0.05, 0.1) is 30.3 Å². The second kappa shape index (κ2) is 9.96. The molecule has 0 unspecified atom stereocenters. The van der Waals surface area contributed by atoms with Crippen molar-refractivity contribution in [2.24, 2.45) is 5.92 Å². The zero-order valence-corrected chi connectivity index (χ0v) is 18.1. The van der Waals surface area contributed by atoms with Gasteiger partial charge in [0.1, 0.15) is 0 Å². The van der Waals surface area contributed by atoms with Gasteiger partial charge in [-0.2, -0.15) is 0 Å². The van der Waals surface area contributed by atoms with Gasteiger partial charge in [-0.05, 0) is 44.4 Å². The summed E-state index contributed by atoms with van der Waals surface area (Å²) in [6.07, 6.45) is -0.692. The largest absolute Gasteiger partial charge is 0.490 e. The lowest BCUT2D eigenvalue weighted by molar-refractivity contribution is -0.129. The first-order chi connectivity index (χ1) is 13.6. The van der Waals surface area contributed by atoms with Gasteiger partial charge < -0.3 is 19.5 Å². The van der Waals surface area contributed by atoms with Crippen molar-refractivity contribution in [1.82, 2.24) is 5.32 Å². The molecule has 1 aliphatic rings. The molecule has 2 rings (SSSR count). The Morgan fingerprint density at radius 1 is 1.17 bits per heavy atom. The number of amides is 1. The van der Waals surface area contributed by atoms with Crippen LogP contribution in [-0.4, -0.2) is 57.2 Å². The number of carbonyl (C=O) groups is 2. The van der Waals surface area contributed by atoms with E-state index in [1.54, 1.807) is 12.1 Å². The van der Waals surface area contributed by atoms with Crippen molar-refractivity contribution in [2.45, 2.75) is 46.3 Å². The van der Waals surface area contributed by atoms with Crippen LogP contribution in [0.5, 0.6) is 11.5 Å². The number of hydrogen-bond donors (Lipinski definition) is 1. The summed E-state index contributed by atoms with van der Waals surface area (Å²) in [5.41, 5.74) is 0.230. The molecule has 1 aromatic carbocycles. The topological polar surface area (TPSA) is 108 Å². The fourth-order valence-electron chi connectivity index (χ4n) is 2.79. The Kier molecular flexibility index (Phi) is 7.89. The van der Waals surface area contributed by atoms with E-state index in [0.29, 0.717) is 37.1 Å². The minimum absolute atomic E-state index is 0.0531. The average molecular weight is 428 g/mol. The summed E-state index contributed by atoms with van der Waals surface area (Å²) in [6, 6.07) is 4.26. The molecule has 0 saturated carbocycles. The Balaban J connectivity index is 1.99. The summed E-state index contributed by atoms with van der Waals surface area (Å²) in [5.74, 6) is 0.0574. The number of rotatable bonds is 9. The first-order valence-corrected chi connectivity index (χ1v) is 11.5. The number of sulfone groups is 1. The number of carbonyl (C=O) groups excluding carboxylic acids is 2. The maximum absolute atomic E-state index is 12.4. The lowest BCUT2D eigenvalue weighted by Crippen LogP contribution is -2.42. The predicted molar refractivity (Wildman–Crippen MR) is 108 cm³/mol. The van der Waals surface area contributed by atoms with E-state index in [0.717, 1.165) is 0 Å². The maximum atomic E-state index is 12.4. The predicted octanol–water partition coefficient (Wildman–Crippen LogP) is 1.97. The number of esters is 1. The summed E-state index contributed by atoms with van der Waals surface area (Å²) >= 11 is 0. The van der Waals surface area contributed by atoms with Gasteiger partial charge >= 0.3 is 5.97 Å². The molecule has 1 saturated heterocycles. The standard InChI is InChI=1S/C20H29NO7S/c1-5-26-18-10-15(6-7-17(18)27-11-13(2)3)20(23)28-14(4)19(22)21-16-8-9-29(24,25)12-16/h6-7,10,13-14,16H,5,8-9,11-12H2,1-4H3,(H,21,22)/t14-,16+/m0/s1. The molecule has 0 aliphatic carbocycles. The molecule has 162 valence electrons. The number of benzene rings is 1. The molecule has 1 fully saturated rings. The van der Waals surface area contributed by atoms with Gasteiger partial charge in [0.2, 0.25) is 0 Å². The summed E-state index contributed by atoms with van der Waals surface area (Å²) in [4.78, 5) is 24.7. The van der Waals surface area contributed by atoms with Crippen molar-refractivity contribution >= 4 is 21.7 Å². The Morgan fingerprint density at radius 2 is 1.90 bits per heavy atom. The van der Waals surface area contributed by atoms with E-state index in [1.165, 1.54) is 13.0 Å². The summed E-state index contributed by atoms with van der Waals surface area (Å²) in [5, 5.41) is 2.62. The first kappa shape index (κ1) is 23.0. The third-order valence-corrected chi connectivity index (χ3v) is 6.05. The Bertz CT molecular complexity index is 835. The highest BCUT2D eigenvalue weighted by atomic mass is 32.2. The van der Waals surface area contributed by atoms with Gasteiger partial charge in [-0.25, -0.2) is 13.2 Å². The molecule has 0 spiro atoms. The smallest absolute Gasteiger partial charge is 0.339 e. The Morgan fingerprint density at radius 3 is 2.48 bits per heavy atom. The van der Waals surface area contributed by atoms with Crippen molar-refractivity contribution in [3.63, 3.8) is 0 Å². The van der Waals surface area contributed by atoms with Gasteiger partial charge in [0.25, 0.3) is 5.91 Å². The van der Waals surface area contributed by atoms with Crippen LogP contribution >= 0.6 is 0 Å². The van der Waals surface area contributed by atoms with Crippen molar-refractivity contribution in [2.75, 3.05) is 24.7 Å². The molecule has 0 radical (unpaired) electrons. The highest BCUT2D eigenvalue weighted by Gasteiger charge is 2.31. The lowest BCUT2D eigenvalue weighted by atomic mass is 10.2. The normalized spacial score (nSPS) is 18.9. The summed E-state index contributed by atoms with van der Waals surface area (Å²) in [7, 11) is -3.11. The van der Waals surface area contributed by atoms with E-state index in [1.807, 2.05) is 20.8 Å². The summed E-state index contributed by atoms with van der Waals surface area (Å²) < 4.78 is 39.5. The minimum Gasteiger partial charge on any atom is -0.490 e. The lowest BCUT2D eigenvalue weighted by Gasteiger charge is -2.17. The molecule has 1 amide bonds. The molecule has 2 atom stereocenters. The highest BCUT2D eigenvalue weighted by molar-refractivity contribution is 7.91. The zero-order valence-electron chi connectivity index (χ0n) is 17.3. The van der Waals surface area contributed by atoms with Crippen LogP contribution in [0, 0.1) is 5.92 Å². The molecule has 0 bridgehead atoms. The molecule has 9 heteroatoms. The summed E-state index contributed by atoms with van der Waals surface area (Å²) in [6.45, 7) is 8.24. The van der Waals surface area contributed by atoms with Crippen molar-refractivity contribution in [3.8, 4) is 11.5 Å². The van der Waals surface area contributed by atoms with E-state index >= 15 is 0 Å². The van der Waals surface area contributed by atoms with Gasteiger partial charge in [-0.15, -0.1) is 0 Å². The molecular formula is C20H29NO7S. The van der Waals surface area contributed by atoms with Crippen LogP contribution in [0.15, 0.2) is 18.2 Å². The highest BCUT2D eigenvalue weighted by Crippen LogP contribution is 2.29. The van der Waals surface area contributed by atoms with Crippen LogP contribution in [0.2, 0.25) is 0 Å². The first-order valence-electron chi connectivity index (χ1n) is 9.72. The van der Waals surface area contributed by atoms with E-state index < -0.39 is 33.9 Å². The van der Waals surface area contributed by atoms with Crippen LogP contribution in [0.4, 0.5) is 0 Å². The molecular weight excluding hydrogens is 398 g/mol. The van der Waals surface area contributed by atoms with Crippen LogP contribution in [-0.2, 0) is 19.4 Å². The molecule has 1 N–H and O–H groups in total. The van der Waals surface area contributed by atoms with Gasteiger partial charge in [0.15, 0.2) is 27.4 Å². The molecule has 1 heterocycles. The van der Waals surface area contributed by atoms with Crippen LogP contribution in [0.25, 0.3) is 0 Å². The molecule has 8 nitrogen and oxygen atoms in total. The Labute approximate surface area is 171 Å².